The number of hydrogen-bond donors (Lipinski definition) is 1. The van der Waals surface area contributed by atoms with Crippen LogP contribution in [0.4, 0.5) is 16.2 Å². The molecule has 1 heterocycles. The predicted octanol–water partition coefficient (Wildman–Crippen LogP) is 3.21. The molecule has 1 aliphatic rings. The summed E-state index contributed by atoms with van der Waals surface area (Å²) in [5, 5.41) is 0.580. The van der Waals surface area contributed by atoms with Crippen molar-refractivity contribution in [1.82, 2.24) is 4.90 Å². The van der Waals surface area contributed by atoms with Gasteiger partial charge in [0.25, 0.3) is 0 Å². The lowest BCUT2D eigenvalue weighted by Crippen LogP contribution is -2.45. The molecule has 1 aliphatic heterocycles. The van der Waals surface area contributed by atoms with Gasteiger partial charge in [0.2, 0.25) is 0 Å². The third-order valence-corrected chi connectivity index (χ3v) is 3.93. The largest absolute Gasteiger partial charge is 0.397 e. The minimum atomic E-state index is -0.0131. The quantitative estimate of drug-likeness (QED) is 0.804. The third-order valence-electron chi connectivity index (χ3n) is 3.69. The fourth-order valence-corrected chi connectivity index (χ4v) is 2.49. The third kappa shape index (κ3) is 3.13. The number of nitrogen functional groups attached to an aromatic ring is 1. The van der Waals surface area contributed by atoms with E-state index in [0.29, 0.717) is 22.3 Å². The maximum atomic E-state index is 12.4. The van der Waals surface area contributed by atoms with E-state index in [-0.39, 0.29) is 6.03 Å². The number of piperidine rings is 1. The first-order valence-corrected chi connectivity index (χ1v) is 6.94. The zero-order chi connectivity index (χ0) is 14.0. The number of carbonyl (C=O) groups excluding carboxylic acids is 1. The topological polar surface area (TPSA) is 49.6 Å². The molecule has 2 N–H and O–H groups in total. The van der Waals surface area contributed by atoms with Crippen molar-refractivity contribution < 1.29 is 4.79 Å². The first kappa shape index (κ1) is 14.0. The molecule has 0 atom stereocenters. The average Bonchev–Trinajstić information content (AvgIpc) is 2.41. The Morgan fingerprint density at radius 2 is 2.05 bits per heavy atom. The van der Waals surface area contributed by atoms with Crippen LogP contribution in [-0.2, 0) is 0 Å². The van der Waals surface area contributed by atoms with Crippen LogP contribution in [0.2, 0.25) is 5.02 Å². The zero-order valence-electron chi connectivity index (χ0n) is 11.4. The molecule has 4 nitrogen and oxygen atoms in total. The molecule has 1 saturated heterocycles. The van der Waals surface area contributed by atoms with Crippen LogP contribution in [0.1, 0.15) is 19.8 Å². The van der Waals surface area contributed by atoms with Gasteiger partial charge < -0.3 is 10.6 Å². The Hall–Kier alpha value is -1.42. The monoisotopic (exact) mass is 281 g/mol. The number of nitrogens with two attached hydrogens (primary N) is 1. The number of amides is 2. The van der Waals surface area contributed by atoms with Crippen molar-refractivity contribution in [3.05, 3.63) is 23.2 Å². The Balaban J connectivity index is 2.12. The van der Waals surface area contributed by atoms with E-state index in [2.05, 4.69) is 6.92 Å². The van der Waals surface area contributed by atoms with Crippen LogP contribution < -0.4 is 10.6 Å². The summed E-state index contributed by atoms with van der Waals surface area (Å²) in [5.41, 5.74) is 7.13. The molecule has 0 radical (unpaired) electrons. The molecule has 0 aliphatic carbocycles. The lowest BCUT2D eigenvalue weighted by atomic mass is 9.99. The zero-order valence-corrected chi connectivity index (χ0v) is 12.2. The van der Waals surface area contributed by atoms with Gasteiger partial charge >= 0.3 is 6.03 Å². The summed E-state index contributed by atoms with van der Waals surface area (Å²) < 4.78 is 0. The number of halogens is 1. The van der Waals surface area contributed by atoms with E-state index >= 15 is 0 Å². The van der Waals surface area contributed by atoms with Crippen molar-refractivity contribution in [2.24, 2.45) is 5.92 Å². The molecule has 19 heavy (non-hydrogen) atoms. The fraction of sp³-hybridized carbons (Fsp3) is 0.500. The Morgan fingerprint density at radius 3 is 2.68 bits per heavy atom. The highest BCUT2D eigenvalue weighted by Gasteiger charge is 2.24. The summed E-state index contributed by atoms with van der Waals surface area (Å²) in [5.74, 6) is 0.700. The molecule has 5 heteroatoms. The highest BCUT2D eigenvalue weighted by molar-refractivity contribution is 6.31. The molecule has 1 aromatic carbocycles. The second-order valence-corrected chi connectivity index (χ2v) is 5.65. The Kier molecular flexibility index (Phi) is 4.20. The van der Waals surface area contributed by atoms with Crippen LogP contribution in [0.5, 0.6) is 0 Å². The van der Waals surface area contributed by atoms with E-state index in [1.165, 1.54) is 0 Å². The van der Waals surface area contributed by atoms with Crippen molar-refractivity contribution in [1.29, 1.82) is 0 Å². The number of anilines is 2. The number of hydrogen-bond acceptors (Lipinski definition) is 2. The van der Waals surface area contributed by atoms with Gasteiger partial charge in [0.15, 0.2) is 0 Å². The molecule has 0 unspecified atom stereocenters. The van der Waals surface area contributed by atoms with Crippen molar-refractivity contribution in [3.8, 4) is 0 Å². The van der Waals surface area contributed by atoms with Crippen molar-refractivity contribution in [3.63, 3.8) is 0 Å². The molecule has 1 aromatic rings. The van der Waals surface area contributed by atoms with Gasteiger partial charge in [-0.15, -0.1) is 0 Å². The standard InChI is InChI=1S/C14H20ClN3O/c1-10-5-7-18(8-6-10)14(19)17(2)13-9-11(15)3-4-12(13)16/h3-4,9-10H,5-8,16H2,1-2H3. The smallest absolute Gasteiger partial charge is 0.324 e. The maximum absolute atomic E-state index is 12.4. The Labute approximate surface area is 119 Å². The highest BCUT2D eigenvalue weighted by Crippen LogP contribution is 2.27. The van der Waals surface area contributed by atoms with Gasteiger partial charge in [-0.2, -0.15) is 0 Å². The Morgan fingerprint density at radius 1 is 1.42 bits per heavy atom. The molecular formula is C14H20ClN3O. The minimum absolute atomic E-state index is 0.0131. The molecule has 0 bridgehead atoms. The van der Waals surface area contributed by atoms with Crippen LogP contribution in [0.3, 0.4) is 0 Å². The molecular weight excluding hydrogens is 262 g/mol. The van der Waals surface area contributed by atoms with Crippen LogP contribution in [0.25, 0.3) is 0 Å². The summed E-state index contributed by atoms with van der Waals surface area (Å²) in [7, 11) is 1.74. The number of rotatable bonds is 1. The van der Waals surface area contributed by atoms with Crippen molar-refractivity contribution in [2.75, 3.05) is 30.8 Å². The van der Waals surface area contributed by atoms with E-state index in [4.69, 9.17) is 17.3 Å². The number of likely N-dealkylation sites (tertiary alicyclic amines) is 1. The first-order chi connectivity index (χ1) is 8.99. The lowest BCUT2D eigenvalue weighted by Gasteiger charge is -2.33. The van der Waals surface area contributed by atoms with Gasteiger partial charge in [-0.1, -0.05) is 18.5 Å². The molecule has 0 aromatic heterocycles. The minimum Gasteiger partial charge on any atom is -0.397 e. The molecule has 1 fully saturated rings. The summed E-state index contributed by atoms with van der Waals surface area (Å²) in [6.45, 7) is 3.84. The van der Waals surface area contributed by atoms with Crippen molar-refractivity contribution >= 4 is 29.0 Å². The van der Waals surface area contributed by atoms with Crippen LogP contribution in [0.15, 0.2) is 18.2 Å². The van der Waals surface area contributed by atoms with Gasteiger partial charge in [-0.3, -0.25) is 4.90 Å². The van der Waals surface area contributed by atoms with Gasteiger partial charge in [0, 0.05) is 25.2 Å². The second-order valence-electron chi connectivity index (χ2n) is 5.21. The van der Waals surface area contributed by atoms with E-state index in [0.717, 1.165) is 25.9 Å². The number of benzene rings is 1. The van der Waals surface area contributed by atoms with Gasteiger partial charge in [0.1, 0.15) is 0 Å². The summed E-state index contributed by atoms with van der Waals surface area (Å²) >= 11 is 5.96. The molecule has 0 saturated carbocycles. The van der Waals surface area contributed by atoms with Gasteiger partial charge in [-0.25, -0.2) is 4.79 Å². The predicted molar refractivity (Wildman–Crippen MR) is 79.6 cm³/mol. The average molecular weight is 282 g/mol. The van der Waals surface area contributed by atoms with Gasteiger partial charge in [0.05, 0.1) is 11.4 Å². The second kappa shape index (κ2) is 5.70. The molecule has 0 spiro atoms. The maximum Gasteiger partial charge on any atom is 0.324 e. The van der Waals surface area contributed by atoms with Gasteiger partial charge in [-0.05, 0) is 37.0 Å². The normalized spacial score (nSPS) is 16.5. The van der Waals surface area contributed by atoms with Crippen molar-refractivity contribution in [2.45, 2.75) is 19.8 Å². The summed E-state index contributed by atoms with van der Waals surface area (Å²) in [6, 6.07) is 5.16. The van der Waals surface area contributed by atoms with E-state index in [9.17, 15) is 4.79 Å². The van der Waals surface area contributed by atoms with Crippen LogP contribution in [0, 0.1) is 5.92 Å². The first-order valence-electron chi connectivity index (χ1n) is 6.56. The SMILES string of the molecule is CC1CCN(C(=O)N(C)c2cc(Cl)ccc2N)CC1. The molecule has 2 amide bonds. The number of nitrogens with zero attached hydrogens (tertiary/aromatic N) is 2. The van der Waals surface area contributed by atoms with Crippen LogP contribution >= 0.6 is 11.6 Å². The fourth-order valence-electron chi connectivity index (χ4n) is 2.32. The van der Waals surface area contributed by atoms with E-state index in [1.54, 1.807) is 30.1 Å². The number of carbonyl (C=O) groups is 1. The summed E-state index contributed by atoms with van der Waals surface area (Å²) in [6.07, 6.45) is 2.12. The van der Waals surface area contributed by atoms with E-state index < -0.39 is 0 Å². The Bertz CT molecular complexity index is 470. The highest BCUT2D eigenvalue weighted by atomic mass is 35.5. The summed E-state index contributed by atoms with van der Waals surface area (Å²) in [4.78, 5) is 15.9. The molecule has 2 rings (SSSR count). The lowest BCUT2D eigenvalue weighted by molar-refractivity contribution is 0.181. The van der Waals surface area contributed by atoms with E-state index in [1.807, 2.05) is 4.90 Å². The number of urea groups is 1. The molecule has 104 valence electrons. The van der Waals surface area contributed by atoms with Crippen LogP contribution in [-0.4, -0.2) is 31.1 Å².